The SMILES string of the molecule is CC(CN)Cc1ccc2ccc(Cl)c(Cl)c2n1. The van der Waals surface area contributed by atoms with E-state index in [2.05, 4.69) is 11.9 Å². The third kappa shape index (κ3) is 2.71. The van der Waals surface area contributed by atoms with Crippen LogP contribution in [0.15, 0.2) is 24.3 Å². The Morgan fingerprint density at radius 1 is 1.24 bits per heavy atom. The lowest BCUT2D eigenvalue weighted by Crippen LogP contribution is -2.13. The number of pyridine rings is 1. The average Bonchev–Trinajstić information content (AvgIpc) is 2.34. The number of hydrogen-bond donors (Lipinski definition) is 1. The fourth-order valence-electron chi connectivity index (χ4n) is 1.72. The fourth-order valence-corrected chi connectivity index (χ4v) is 2.09. The first-order valence-corrected chi connectivity index (χ1v) is 6.31. The number of hydrogen-bond acceptors (Lipinski definition) is 2. The van der Waals surface area contributed by atoms with Crippen LogP contribution in [-0.4, -0.2) is 11.5 Å². The highest BCUT2D eigenvalue weighted by Crippen LogP contribution is 2.29. The number of halogens is 2. The van der Waals surface area contributed by atoms with E-state index in [9.17, 15) is 0 Å². The Hall–Kier alpha value is -0.830. The molecule has 2 aromatic rings. The molecular formula is C13H14Cl2N2. The molecule has 0 aliphatic rings. The molecule has 0 saturated carbocycles. The van der Waals surface area contributed by atoms with Gasteiger partial charge in [0.2, 0.25) is 0 Å². The van der Waals surface area contributed by atoms with E-state index in [-0.39, 0.29) is 0 Å². The molecule has 1 aromatic heterocycles. The Morgan fingerprint density at radius 3 is 2.65 bits per heavy atom. The molecule has 1 heterocycles. The molecule has 17 heavy (non-hydrogen) atoms. The monoisotopic (exact) mass is 268 g/mol. The van der Waals surface area contributed by atoms with Crippen molar-refractivity contribution in [2.45, 2.75) is 13.3 Å². The van der Waals surface area contributed by atoms with Gasteiger partial charge in [-0.15, -0.1) is 0 Å². The summed E-state index contributed by atoms with van der Waals surface area (Å²) in [6.45, 7) is 2.76. The molecule has 1 unspecified atom stereocenters. The first-order chi connectivity index (χ1) is 8.11. The largest absolute Gasteiger partial charge is 0.330 e. The van der Waals surface area contributed by atoms with Crippen molar-refractivity contribution in [3.8, 4) is 0 Å². The van der Waals surface area contributed by atoms with Gasteiger partial charge in [-0.1, -0.05) is 42.3 Å². The quantitative estimate of drug-likeness (QED) is 0.923. The molecule has 2 rings (SSSR count). The molecule has 0 radical (unpaired) electrons. The van der Waals surface area contributed by atoms with Gasteiger partial charge in [0.05, 0.1) is 15.6 Å². The van der Waals surface area contributed by atoms with E-state index in [1.54, 1.807) is 6.07 Å². The third-order valence-electron chi connectivity index (χ3n) is 2.77. The molecular weight excluding hydrogens is 255 g/mol. The fraction of sp³-hybridized carbons (Fsp3) is 0.308. The van der Waals surface area contributed by atoms with Gasteiger partial charge in [-0.3, -0.25) is 4.98 Å². The smallest absolute Gasteiger partial charge is 0.0906 e. The van der Waals surface area contributed by atoms with Crippen molar-refractivity contribution in [2.75, 3.05) is 6.54 Å². The lowest BCUT2D eigenvalue weighted by atomic mass is 10.0. The van der Waals surface area contributed by atoms with E-state index in [0.29, 0.717) is 22.5 Å². The second-order valence-electron chi connectivity index (χ2n) is 4.28. The van der Waals surface area contributed by atoms with Gasteiger partial charge in [-0.05, 0) is 31.0 Å². The minimum Gasteiger partial charge on any atom is -0.330 e. The Kier molecular flexibility index (Phi) is 3.87. The normalized spacial score (nSPS) is 12.9. The zero-order valence-corrected chi connectivity index (χ0v) is 11.1. The maximum Gasteiger partial charge on any atom is 0.0906 e. The van der Waals surface area contributed by atoms with Crippen molar-refractivity contribution >= 4 is 34.1 Å². The molecule has 0 spiro atoms. The topological polar surface area (TPSA) is 38.9 Å². The zero-order valence-electron chi connectivity index (χ0n) is 9.58. The van der Waals surface area contributed by atoms with E-state index in [1.807, 2.05) is 18.2 Å². The van der Waals surface area contributed by atoms with Gasteiger partial charge in [-0.2, -0.15) is 0 Å². The standard InChI is InChI=1S/C13H14Cl2N2/c1-8(7-16)6-10-4-2-9-3-5-11(14)12(15)13(9)17-10/h2-5,8H,6-7,16H2,1H3. The van der Waals surface area contributed by atoms with Crippen LogP contribution < -0.4 is 5.73 Å². The molecule has 0 bridgehead atoms. The molecule has 4 heteroatoms. The second-order valence-corrected chi connectivity index (χ2v) is 5.07. The van der Waals surface area contributed by atoms with Gasteiger partial charge >= 0.3 is 0 Å². The summed E-state index contributed by atoms with van der Waals surface area (Å²) in [5, 5.41) is 2.06. The highest BCUT2D eigenvalue weighted by molar-refractivity contribution is 6.44. The van der Waals surface area contributed by atoms with E-state index in [1.165, 1.54) is 0 Å². The number of benzene rings is 1. The van der Waals surface area contributed by atoms with Gasteiger partial charge in [0.25, 0.3) is 0 Å². The van der Waals surface area contributed by atoms with Crippen LogP contribution in [0.25, 0.3) is 10.9 Å². The predicted octanol–water partition coefficient (Wildman–Crippen LogP) is 3.68. The van der Waals surface area contributed by atoms with Crippen molar-refractivity contribution in [1.82, 2.24) is 4.98 Å². The molecule has 2 N–H and O–H groups in total. The molecule has 1 atom stereocenters. The second kappa shape index (κ2) is 5.21. The van der Waals surface area contributed by atoms with Crippen LogP contribution in [0.4, 0.5) is 0 Å². The Bertz CT molecular complexity index is 540. The summed E-state index contributed by atoms with van der Waals surface area (Å²) in [7, 11) is 0. The first-order valence-electron chi connectivity index (χ1n) is 5.55. The third-order valence-corrected chi connectivity index (χ3v) is 3.57. The highest BCUT2D eigenvalue weighted by atomic mass is 35.5. The predicted molar refractivity (Wildman–Crippen MR) is 73.7 cm³/mol. The number of nitrogens with two attached hydrogens (primary N) is 1. The molecule has 90 valence electrons. The number of nitrogens with zero attached hydrogens (tertiary/aromatic N) is 1. The summed E-state index contributed by atoms with van der Waals surface area (Å²) in [5.41, 5.74) is 7.38. The van der Waals surface area contributed by atoms with Gasteiger partial charge in [-0.25, -0.2) is 0 Å². The molecule has 2 nitrogen and oxygen atoms in total. The minimum atomic E-state index is 0.415. The van der Waals surface area contributed by atoms with Crippen molar-refractivity contribution < 1.29 is 0 Å². The molecule has 0 amide bonds. The van der Waals surface area contributed by atoms with Crippen molar-refractivity contribution in [1.29, 1.82) is 0 Å². The first kappa shape index (κ1) is 12.6. The summed E-state index contributed by atoms with van der Waals surface area (Å²) in [4.78, 5) is 4.55. The van der Waals surface area contributed by atoms with Crippen LogP contribution in [-0.2, 0) is 6.42 Å². The summed E-state index contributed by atoms with van der Waals surface area (Å²) in [5.74, 6) is 0.415. The lowest BCUT2D eigenvalue weighted by molar-refractivity contribution is 0.585. The van der Waals surface area contributed by atoms with Crippen molar-refractivity contribution in [2.24, 2.45) is 11.7 Å². The van der Waals surface area contributed by atoms with E-state index in [4.69, 9.17) is 28.9 Å². The molecule has 0 aliphatic carbocycles. The molecule has 0 saturated heterocycles. The Labute approximate surface area is 111 Å². The highest BCUT2D eigenvalue weighted by Gasteiger charge is 2.08. The lowest BCUT2D eigenvalue weighted by Gasteiger charge is -2.09. The summed E-state index contributed by atoms with van der Waals surface area (Å²) >= 11 is 12.1. The van der Waals surface area contributed by atoms with Crippen LogP contribution in [0.5, 0.6) is 0 Å². The van der Waals surface area contributed by atoms with Gasteiger partial charge in [0.1, 0.15) is 0 Å². The maximum absolute atomic E-state index is 6.15. The maximum atomic E-state index is 6.15. The van der Waals surface area contributed by atoms with Crippen LogP contribution in [0, 0.1) is 5.92 Å². The van der Waals surface area contributed by atoms with Crippen LogP contribution in [0.2, 0.25) is 10.0 Å². The number of fused-ring (bicyclic) bond motifs is 1. The summed E-state index contributed by atoms with van der Waals surface area (Å²) < 4.78 is 0. The molecule has 0 aliphatic heterocycles. The van der Waals surface area contributed by atoms with Crippen molar-refractivity contribution in [3.63, 3.8) is 0 Å². The Balaban J connectivity index is 2.45. The Morgan fingerprint density at radius 2 is 1.94 bits per heavy atom. The van der Waals surface area contributed by atoms with Gasteiger partial charge in [0, 0.05) is 11.1 Å². The molecule has 1 aromatic carbocycles. The zero-order chi connectivity index (χ0) is 12.4. The van der Waals surface area contributed by atoms with Crippen molar-refractivity contribution in [3.05, 3.63) is 40.0 Å². The van der Waals surface area contributed by atoms with Crippen LogP contribution in [0.3, 0.4) is 0 Å². The van der Waals surface area contributed by atoms with Crippen LogP contribution >= 0.6 is 23.2 Å². The van der Waals surface area contributed by atoms with Gasteiger partial charge < -0.3 is 5.73 Å². The van der Waals surface area contributed by atoms with E-state index in [0.717, 1.165) is 23.0 Å². The van der Waals surface area contributed by atoms with Crippen LogP contribution in [0.1, 0.15) is 12.6 Å². The number of rotatable bonds is 3. The summed E-state index contributed by atoms with van der Waals surface area (Å²) in [6.07, 6.45) is 0.856. The van der Waals surface area contributed by atoms with Gasteiger partial charge in [0.15, 0.2) is 0 Å². The summed E-state index contributed by atoms with van der Waals surface area (Å²) in [6, 6.07) is 7.74. The van der Waals surface area contributed by atoms with E-state index >= 15 is 0 Å². The van der Waals surface area contributed by atoms with E-state index < -0.39 is 0 Å². The average molecular weight is 269 g/mol. The number of aromatic nitrogens is 1. The molecule has 0 fully saturated rings. The minimum absolute atomic E-state index is 0.415.